The molecule has 1 saturated carbocycles. The van der Waals surface area contributed by atoms with Crippen molar-refractivity contribution in [1.82, 2.24) is 4.98 Å². The molecule has 1 atom stereocenters. The highest BCUT2D eigenvalue weighted by Gasteiger charge is 2.50. The molecule has 0 saturated heterocycles. The molecule has 2 rings (SSSR count). The van der Waals surface area contributed by atoms with Gasteiger partial charge in [-0.2, -0.15) is 0 Å². The Balaban J connectivity index is 1.98. The number of nitrogens with zero attached hydrogens (tertiary/aromatic N) is 1. The van der Waals surface area contributed by atoms with Gasteiger partial charge < -0.3 is 5.32 Å². The summed E-state index contributed by atoms with van der Waals surface area (Å²) < 4.78 is 0. The molecule has 80 valence electrons. The number of carbonyl (C=O) groups is 1. The topological polar surface area (TPSA) is 42.0 Å². The van der Waals surface area contributed by atoms with Crippen molar-refractivity contribution in [3.63, 3.8) is 0 Å². The summed E-state index contributed by atoms with van der Waals surface area (Å²) in [5.74, 6) is 0.206. The van der Waals surface area contributed by atoms with Crippen LogP contribution < -0.4 is 5.32 Å². The van der Waals surface area contributed by atoms with Crippen LogP contribution in [-0.4, -0.2) is 10.9 Å². The maximum atomic E-state index is 11.7. The summed E-state index contributed by atoms with van der Waals surface area (Å²) in [6.45, 7) is 4.19. The van der Waals surface area contributed by atoms with Crippen LogP contribution in [0.1, 0.15) is 20.3 Å². The Labute approximate surface area is 93.8 Å². The van der Waals surface area contributed by atoms with Gasteiger partial charge in [0.25, 0.3) is 0 Å². The first-order valence-electron chi connectivity index (χ1n) is 4.91. The molecule has 1 aliphatic rings. The lowest BCUT2D eigenvalue weighted by molar-refractivity contribution is -0.118. The van der Waals surface area contributed by atoms with Gasteiger partial charge in [-0.3, -0.25) is 4.79 Å². The predicted octanol–water partition coefficient (Wildman–Crippen LogP) is 2.72. The Bertz CT molecular complexity index is 386. The number of aromatic nitrogens is 1. The summed E-state index contributed by atoms with van der Waals surface area (Å²) >= 11 is 5.64. The lowest BCUT2D eigenvalue weighted by atomic mass is 10.1. The van der Waals surface area contributed by atoms with Crippen molar-refractivity contribution in [2.45, 2.75) is 20.3 Å². The van der Waals surface area contributed by atoms with Gasteiger partial charge in [0.2, 0.25) is 5.91 Å². The van der Waals surface area contributed by atoms with Crippen molar-refractivity contribution in [3.05, 3.63) is 23.5 Å². The van der Waals surface area contributed by atoms with Crippen LogP contribution in [0.4, 0.5) is 5.69 Å². The van der Waals surface area contributed by atoms with Crippen LogP contribution in [0.2, 0.25) is 5.15 Å². The molecule has 0 radical (unpaired) electrons. The van der Waals surface area contributed by atoms with E-state index < -0.39 is 0 Å². The van der Waals surface area contributed by atoms with Crippen molar-refractivity contribution in [1.29, 1.82) is 0 Å². The van der Waals surface area contributed by atoms with Crippen LogP contribution in [0.3, 0.4) is 0 Å². The van der Waals surface area contributed by atoms with Crippen LogP contribution >= 0.6 is 11.6 Å². The molecule has 1 aromatic heterocycles. The van der Waals surface area contributed by atoms with Crippen molar-refractivity contribution in [2.75, 3.05) is 5.32 Å². The summed E-state index contributed by atoms with van der Waals surface area (Å²) in [5.41, 5.74) is 0.858. The van der Waals surface area contributed by atoms with Crippen LogP contribution in [0.15, 0.2) is 18.3 Å². The molecule has 1 unspecified atom stereocenters. The van der Waals surface area contributed by atoms with Gasteiger partial charge in [-0.1, -0.05) is 25.4 Å². The molecule has 1 fully saturated rings. The first kappa shape index (κ1) is 10.4. The second kappa shape index (κ2) is 3.49. The molecule has 0 aliphatic heterocycles. The Hall–Kier alpha value is -1.09. The molecule has 1 amide bonds. The molecule has 0 bridgehead atoms. The molecule has 15 heavy (non-hydrogen) atoms. The van der Waals surface area contributed by atoms with E-state index in [0.717, 1.165) is 6.42 Å². The number of halogens is 1. The van der Waals surface area contributed by atoms with Crippen LogP contribution in [0, 0.1) is 11.3 Å². The molecule has 0 aromatic carbocycles. The number of amides is 1. The third kappa shape index (κ3) is 2.29. The number of carbonyl (C=O) groups excluding carboxylic acids is 1. The van der Waals surface area contributed by atoms with E-state index in [4.69, 9.17) is 11.6 Å². The third-order valence-electron chi connectivity index (χ3n) is 2.82. The molecular weight excluding hydrogens is 212 g/mol. The molecule has 1 heterocycles. The normalized spacial score (nSPS) is 22.2. The highest BCUT2D eigenvalue weighted by Crippen LogP contribution is 2.51. The minimum absolute atomic E-state index is 0.0733. The first-order valence-corrected chi connectivity index (χ1v) is 5.29. The van der Waals surface area contributed by atoms with E-state index in [-0.39, 0.29) is 17.2 Å². The lowest BCUT2D eigenvalue weighted by Crippen LogP contribution is -2.16. The average Bonchev–Trinajstić information content (AvgIpc) is 2.79. The smallest absolute Gasteiger partial charge is 0.228 e. The van der Waals surface area contributed by atoms with Crippen molar-refractivity contribution >= 4 is 23.2 Å². The molecular formula is C11H13ClN2O. The van der Waals surface area contributed by atoms with Gasteiger partial charge in [0.1, 0.15) is 5.15 Å². The fourth-order valence-electron chi connectivity index (χ4n) is 1.59. The minimum Gasteiger partial charge on any atom is -0.324 e. The minimum atomic E-state index is 0.0733. The summed E-state index contributed by atoms with van der Waals surface area (Å²) in [7, 11) is 0. The summed E-state index contributed by atoms with van der Waals surface area (Å²) in [6, 6.07) is 3.41. The average molecular weight is 225 g/mol. The van der Waals surface area contributed by atoms with Gasteiger partial charge in [-0.15, -0.1) is 0 Å². The van der Waals surface area contributed by atoms with E-state index >= 15 is 0 Å². The highest BCUT2D eigenvalue weighted by atomic mass is 35.5. The number of hydrogen-bond acceptors (Lipinski definition) is 2. The highest BCUT2D eigenvalue weighted by molar-refractivity contribution is 6.29. The van der Waals surface area contributed by atoms with Crippen LogP contribution in [0.25, 0.3) is 0 Å². The standard InChI is InChI=1S/C11H13ClN2O/c1-11(2)5-8(11)10(15)14-7-3-4-9(12)13-6-7/h3-4,6,8H,5H2,1-2H3,(H,14,15). The fourth-order valence-corrected chi connectivity index (χ4v) is 1.71. The van der Waals surface area contributed by atoms with Crippen molar-refractivity contribution in [3.8, 4) is 0 Å². The van der Waals surface area contributed by atoms with Gasteiger partial charge in [0.05, 0.1) is 11.9 Å². The van der Waals surface area contributed by atoms with E-state index in [1.807, 2.05) is 0 Å². The van der Waals surface area contributed by atoms with E-state index in [9.17, 15) is 4.79 Å². The quantitative estimate of drug-likeness (QED) is 0.785. The molecule has 1 aromatic rings. The summed E-state index contributed by atoms with van der Waals surface area (Å²) in [5, 5.41) is 3.26. The number of pyridine rings is 1. The predicted molar refractivity (Wildman–Crippen MR) is 59.8 cm³/mol. The number of anilines is 1. The zero-order chi connectivity index (χ0) is 11.1. The number of rotatable bonds is 2. The second-order valence-electron chi connectivity index (χ2n) is 4.60. The summed E-state index contributed by atoms with van der Waals surface area (Å²) in [4.78, 5) is 15.6. The van der Waals surface area contributed by atoms with Gasteiger partial charge >= 0.3 is 0 Å². The van der Waals surface area contributed by atoms with Gasteiger partial charge in [0.15, 0.2) is 0 Å². The summed E-state index contributed by atoms with van der Waals surface area (Å²) in [6.07, 6.45) is 2.52. The van der Waals surface area contributed by atoms with E-state index in [1.54, 1.807) is 18.3 Å². The SMILES string of the molecule is CC1(C)CC1C(=O)Nc1ccc(Cl)nc1. The maximum absolute atomic E-state index is 11.7. The molecule has 3 nitrogen and oxygen atoms in total. The van der Waals surface area contributed by atoms with Gasteiger partial charge in [0, 0.05) is 5.92 Å². The Morgan fingerprint density at radius 2 is 2.27 bits per heavy atom. The first-order chi connectivity index (χ1) is 6.99. The third-order valence-corrected chi connectivity index (χ3v) is 3.05. The molecule has 1 aliphatic carbocycles. The van der Waals surface area contributed by atoms with Crippen LogP contribution in [0.5, 0.6) is 0 Å². The van der Waals surface area contributed by atoms with Crippen molar-refractivity contribution < 1.29 is 4.79 Å². The van der Waals surface area contributed by atoms with Crippen LogP contribution in [-0.2, 0) is 4.79 Å². The van der Waals surface area contributed by atoms with Gasteiger partial charge in [-0.05, 0) is 24.0 Å². The molecule has 0 spiro atoms. The lowest BCUT2D eigenvalue weighted by Gasteiger charge is -2.05. The van der Waals surface area contributed by atoms with E-state index in [1.165, 1.54) is 0 Å². The van der Waals surface area contributed by atoms with Gasteiger partial charge in [-0.25, -0.2) is 4.98 Å². The van der Waals surface area contributed by atoms with E-state index in [0.29, 0.717) is 10.8 Å². The Kier molecular flexibility index (Phi) is 2.43. The molecule has 1 N–H and O–H groups in total. The van der Waals surface area contributed by atoms with Crippen molar-refractivity contribution in [2.24, 2.45) is 11.3 Å². The number of nitrogens with one attached hydrogen (secondary N) is 1. The largest absolute Gasteiger partial charge is 0.324 e. The maximum Gasteiger partial charge on any atom is 0.228 e. The number of hydrogen-bond donors (Lipinski definition) is 1. The fraction of sp³-hybridized carbons (Fsp3) is 0.455. The zero-order valence-corrected chi connectivity index (χ0v) is 9.51. The Morgan fingerprint density at radius 1 is 1.60 bits per heavy atom. The zero-order valence-electron chi connectivity index (χ0n) is 8.75. The Morgan fingerprint density at radius 3 is 2.73 bits per heavy atom. The monoisotopic (exact) mass is 224 g/mol. The second-order valence-corrected chi connectivity index (χ2v) is 4.99. The van der Waals surface area contributed by atoms with E-state index in [2.05, 4.69) is 24.1 Å². The molecule has 4 heteroatoms.